The van der Waals surface area contributed by atoms with Crippen molar-refractivity contribution in [3.63, 3.8) is 0 Å². The summed E-state index contributed by atoms with van der Waals surface area (Å²) in [4.78, 5) is 21.9. The highest BCUT2D eigenvalue weighted by Crippen LogP contribution is 1.97. The third-order valence-corrected chi connectivity index (χ3v) is 2.16. The van der Waals surface area contributed by atoms with E-state index in [1.807, 2.05) is 0 Å². The maximum absolute atomic E-state index is 11.4. The second-order valence-corrected chi connectivity index (χ2v) is 3.43. The monoisotopic (exact) mass is 236 g/mol. The summed E-state index contributed by atoms with van der Waals surface area (Å²) in [7, 11) is 0. The van der Waals surface area contributed by atoms with E-state index < -0.39 is 12.1 Å². The predicted molar refractivity (Wildman–Crippen MR) is 58.8 cm³/mol. The van der Waals surface area contributed by atoms with E-state index in [4.69, 9.17) is 5.73 Å². The summed E-state index contributed by atoms with van der Waals surface area (Å²) in [6.45, 7) is 3.31. The molecule has 0 saturated carbocycles. The number of nitrogens with one attached hydrogen (secondary N) is 3. The quantitative estimate of drug-likeness (QED) is 0.503. The number of hydrogen-bond donors (Lipinski definition) is 4. The number of carbonyl (C=O) groups is 2. The molecule has 7 heteroatoms. The number of nitrogens with two attached hydrogens (primary N) is 1. The van der Waals surface area contributed by atoms with Crippen LogP contribution in [0.25, 0.3) is 0 Å². The molecule has 5 N–H and O–H groups in total. The van der Waals surface area contributed by atoms with Crippen molar-refractivity contribution in [2.24, 2.45) is 5.73 Å². The Hall–Kier alpha value is -1.01. The molecular formula is C8H17ClN4O2. The van der Waals surface area contributed by atoms with E-state index in [9.17, 15) is 9.59 Å². The van der Waals surface area contributed by atoms with Crippen molar-refractivity contribution in [3.05, 3.63) is 0 Å². The number of urea groups is 1. The van der Waals surface area contributed by atoms with Gasteiger partial charge in [0.15, 0.2) is 0 Å². The van der Waals surface area contributed by atoms with Crippen LogP contribution in [0.3, 0.4) is 0 Å². The van der Waals surface area contributed by atoms with Gasteiger partial charge in [0.1, 0.15) is 6.04 Å². The summed E-state index contributed by atoms with van der Waals surface area (Å²) in [6.07, 6.45) is 0.926. The molecule has 0 aliphatic carbocycles. The average Bonchev–Trinajstić information content (AvgIpc) is 2.55. The minimum atomic E-state index is -0.683. The van der Waals surface area contributed by atoms with E-state index in [-0.39, 0.29) is 24.4 Å². The van der Waals surface area contributed by atoms with E-state index >= 15 is 0 Å². The zero-order valence-corrected chi connectivity index (χ0v) is 9.39. The number of carbonyl (C=O) groups excluding carboxylic acids is 2. The SMILES string of the molecule is CC(NC(N)=O)C(=O)NC1CCNC1.Cl. The predicted octanol–water partition coefficient (Wildman–Crippen LogP) is -1.06. The Morgan fingerprint density at radius 1 is 1.53 bits per heavy atom. The summed E-state index contributed by atoms with van der Waals surface area (Å²) < 4.78 is 0. The van der Waals surface area contributed by atoms with Crippen LogP contribution in [0.5, 0.6) is 0 Å². The molecule has 3 amide bonds. The van der Waals surface area contributed by atoms with E-state index in [1.54, 1.807) is 6.92 Å². The van der Waals surface area contributed by atoms with Crippen LogP contribution in [-0.4, -0.2) is 37.1 Å². The zero-order valence-electron chi connectivity index (χ0n) is 8.58. The van der Waals surface area contributed by atoms with Gasteiger partial charge in [0, 0.05) is 12.6 Å². The van der Waals surface area contributed by atoms with E-state index in [1.165, 1.54) is 0 Å². The lowest BCUT2D eigenvalue weighted by atomic mass is 10.2. The molecule has 0 aromatic rings. The first kappa shape index (κ1) is 14.0. The van der Waals surface area contributed by atoms with E-state index in [0.717, 1.165) is 19.5 Å². The molecule has 0 bridgehead atoms. The van der Waals surface area contributed by atoms with Crippen LogP contribution in [0.1, 0.15) is 13.3 Å². The fraction of sp³-hybridized carbons (Fsp3) is 0.750. The second-order valence-electron chi connectivity index (χ2n) is 3.43. The fourth-order valence-electron chi connectivity index (χ4n) is 1.38. The van der Waals surface area contributed by atoms with Gasteiger partial charge in [-0.1, -0.05) is 0 Å². The van der Waals surface area contributed by atoms with Crippen molar-refractivity contribution in [3.8, 4) is 0 Å². The molecular weight excluding hydrogens is 220 g/mol. The average molecular weight is 237 g/mol. The smallest absolute Gasteiger partial charge is 0.312 e. The van der Waals surface area contributed by atoms with Crippen molar-refractivity contribution in [1.82, 2.24) is 16.0 Å². The van der Waals surface area contributed by atoms with Gasteiger partial charge in [0.2, 0.25) is 5.91 Å². The molecule has 6 nitrogen and oxygen atoms in total. The standard InChI is InChI=1S/C8H16N4O2.ClH/c1-5(11-8(9)14)7(13)12-6-2-3-10-4-6;/h5-6,10H,2-4H2,1H3,(H,12,13)(H3,9,11,14);1H. The maximum Gasteiger partial charge on any atom is 0.312 e. The fourth-order valence-corrected chi connectivity index (χ4v) is 1.38. The molecule has 15 heavy (non-hydrogen) atoms. The third-order valence-electron chi connectivity index (χ3n) is 2.16. The van der Waals surface area contributed by atoms with Crippen molar-refractivity contribution in [2.75, 3.05) is 13.1 Å². The summed E-state index contributed by atoms with van der Waals surface area (Å²) in [6, 6.07) is -1.09. The highest BCUT2D eigenvalue weighted by Gasteiger charge is 2.20. The highest BCUT2D eigenvalue weighted by molar-refractivity contribution is 5.86. The lowest BCUT2D eigenvalue weighted by molar-refractivity contribution is -0.123. The van der Waals surface area contributed by atoms with Crippen LogP contribution in [0, 0.1) is 0 Å². The zero-order chi connectivity index (χ0) is 10.6. The molecule has 1 heterocycles. The summed E-state index contributed by atoms with van der Waals surface area (Å²) in [5.74, 6) is -0.197. The molecule has 0 aromatic heterocycles. The van der Waals surface area contributed by atoms with Crippen molar-refractivity contribution in [2.45, 2.75) is 25.4 Å². The van der Waals surface area contributed by atoms with Crippen LogP contribution in [0.15, 0.2) is 0 Å². The van der Waals surface area contributed by atoms with Gasteiger partial charge in [0.05, 0.1) is 0 Å². The largest absolute Gasteiger partial charge is 0.352 e. The number of rotatable bonds is 3. The third kappa shape index (κ3) is 4.85. The highest BCUT2D eigenvalue weighted by atomic mass is 35.5. The molecule has 2 atom stereocenters. The molecule has 0 aromatic carbocycles. The van der Waals surface area contributed by atoms with Gasteiger partial charge in [-0.15, -0.1) is 12.4 Å². The van der Waals surface area contributed by atoms with Gasteiger partial charge < -0.3 is 21.7 Å². The first-order chi connectivity index (χ1) is 6.59. The minimum Gasteiger partial charge on any atom is -0.352 e. The molecule has 1 rings (SSSR count). The summed E-state index contributed by atoms with van der Waals surface area (Å²) in [5, 5.41) is 8.27. The van der Waals surface area contributed by atoms with Gasteiger partial charge in [-0.05, 0) is 19.9 Å². The summed E-state index contributed by atoms with van der Waals surface area (Å²) >= 11 is 0. The van der Waals surface area contributed by atoms with Gasteiger partial charge >= 0.3 is 6.03 Å². The first-order valence-corrected chi connectivity index (χ1v) is 4.66. The molecule has 1 aliphatic rings. The molecule has 1 fully saturated rings. The van der Waals surface area contributed by atoms with Crippen LogP contribution in [0.2, 0.25) is 0 Å². The number of hydrogen-bond acceptors (Lipinski definition) is 3. The molecule has 0 spiro atoms. The van der Waals surface area contributed by atoms with Crippen LogP contribution < -0.4 is 21.7 Å². The number of halogens is 1. The first-order valence-electron chi connectivity index (χ1n) is 4.66. The number of amides is 3. The Kier molecular flexibility index (Phi) is 6.03. The number of primary amides is 1. The van der Waals surface area contributed by atoms with Crippen molar-refractivity contribution in [1.29, 1.82) is 0 Å². The molecule has 1 saturated heterocycles. The normalized spacial score (nSPS) is 21.3. The van der Waals surface area contributed by atoms with Crippen molar-refractivity contribution >= 4 is 24.3 Å². The summed E-state index contributed by atoms with van der Waals surface area (Å²) in [5.41, 5.74) is 4.90. The Morgan fingerprint density at radius 3 is 2.67 bits per heavy atom. The molecule has 1 aliphatic heterocycles. The van der Waals surface area contributed by atoms with Gasteiger partial charge in [0.25, 0.3) is 0 Å². The second kappa shape index (κ2) is 6.47. The van der Waals surface area contributed by atoms with Gasteiger partial charge in [-0.25, -0.2) is 4.79 Å². The Bertz CT molecular complexity index is 231. The molecule has 2 unspecified atom stereocenters. The van der Waals surface area contributed by atoms with Crippen LogP contribution in [0.4, 0.5) is 4.79 Å². The van der Waals surface area contributed by atoms with Gasteiger partial charge in [-0.2, -0.15) is 0 Å². The minimum absolute atomic E-state index is 0. The van der Waals surface area contributed by atoms with Gasteiger partial charge in [-0.3, -0.25) is 4.79 Å². The Morgan fingerprint density at radius 2 is 2.20 bits per heavy atom. The maximum atomic E-state index is 11.4. The topological polar surface area (TPSA) is 96.2 Å². The Labute approximate surface area is 94.8 Å². The van der Waals surface area contributed by atoms with Crippen molar-refractivity contribution < 1.29 is 9.59 Å². The van der Waals surface area contributed by atoms with E-state index in [0.29, 0.717) is 0 Å². The lowest BCUT2D eigenvalue weighted by Crippen LogP contribution is -2.49. The molecule has 0 radical (unpaired) electrons. The van der Waals surface area contributed by atoms with E-state index in [2.05, 4.69) is 16.0 Å². The van der Waals surface area contributed by atoms with Crippen LogP contribution >= 0.6 is 12.4 Å². The Balaban J connectivity index is 0.00000196. The molecule has 88 valence electrons. The van der Waals surface area contributed by atoms with Crippen LogP contribution in [-0.2, 0) is 4.79 Å². The lowest BCUT2D eigenvalue weighted by Gasteiger charge is -2.16.